The number of carbonyl (C=O) groups excluding carboxylic acids is 1. The maximum Gasteiger partial charge on any atom is 0.277 e. The van der Waals surface area contributed by atoms with Gasteiger partial charge in [0, 0.05) is 5.56 Å². The van der Waals surface area contributed by atoms with Gasteiger partial charge in [-0.3, -0.25) is 4.79 Å². The van der Waals surface area contributed by atoms with Crippen LogP contribution >= 0.6 is 12.4 Å². The van der Waals surface area contributed by atoms with E-state index in [9.17, 15) is 13.6 Å². The van der Waals surface area contributed by atoms with Gasteiger partial charge in [-0.2, -0.15) is 0 Å². The van der Waals surface area contributed by atoms with Gasteiger partial charge in [-0.05, 0) is 24.1 Å². The summed E-state index contributed by atoms with van der Waals surface area (Å²) in [5.41, 5.74) is 6.33. The predicted octanol–water partition coefficient (Wildman–Crippen LogP) is 1.99. The van der Waals surface area contributed by atoms with Crippen molar-refractivity contribution < 1.29 is 13.6 Å². The van der Waals surface area contributed by atoms with E-state index in [0.717, 1.165) is 12.0 Å². The van der Waals surface area contributed by atoms with E-state index < -0.39 is 24.9 Å². The van der Waals surface area contributed by atoms with Gasteiger partial charge in [0.1, 0.15) is 0 Å². The van der Waals surface area contributed by atoms with Crippen molar-refractivity contribution in [1.82, 2.24) is 5.32 Å². The van der Waals surface area contributed by atoms with Gasteiger partial charge >= 0.3 is 0 Å². The van der Waals surface area contributed by atoms with Gasteiger partial charge in [0.25, 0.3) is 11.8 Å². The molecule has 0 saturated heterocycles. The number of hydrogen-bond acceptors (Lipinski definition) is 2. The molecule has 0 aliphatic rings. The van der Waals surface area contributed by atoms with Crippen molar-refractivity contribution in [2.45, 2.75) is 19.3 Å². The van der Waals surface area contributed by atoms with E-state index in [1.165, 1.54) is 0 Å². The average molecular weight is 279 g/mol. The van der Waals surface area contributed by atoms with Crippen molar-refractivity contribution >= 4 is 18.3 Å². The van der Waals surface area contributed by atoms with Crippen LogP contribution in [-0.2, 0) is 6.42 Å². The van der Waals surface area contributed by atoms with Gasteiger partial charge in [-0.25, -0.2) is 8.78 Å². The van der Waals surface area contributed by atoms with Gasteiger partial charge in [0.15, 0.2) is 0 Å². The highest BCUT2D eigenvalue weighted by atomic mass is 35.5. The number of aryl methyl sites for hydroxylation is 1. The second kappa shape index (κ2) is 7.28. The van der Waals surface area contributed by atoms with Crippen LogP contribution in [0.3, 0.4) is 0 Å². The summed E-state index contributed by atoms with van der Waals surface area (Å²) in [4.78, 5) is 11.5. The summed E-state index contributed by atoms with van der Waals surface area (Å²) in [7, 11) is 0. The van der Waals surface area contributed by atoms with E-state index in [1.807, 2.05) is 6.92 Å². The van der Waals surface area contributed by atoms with Crippen molar-refractivity contribution in [3.05, 3.63) is 35.4 Å². The predicted molar refractivity (Wildman–Crippen MR) is 69.4 cm³/mol. The summed E-state index contributed by atoms with van der Waals surface area (Å²) in [5.74, 6) is -3.57. The maximum atomic E-state index is 12.8. The van der Waals surface area contributed by atoms with Crippen LogP contribution in [0, 0.1) is 0 Å². The number of nitrogens with one attached hydrogen (secondary N) is 1. The second-order valence-electron chi connectivity index (χ2n) is 3.79. The number of alkyl halides is 2. The largest absolute Gasteiger partial charge is 0.346 e. The molecule has 0 saturated carbocycles. The normalized spacial score (nSPS) is 10.7. The maximum absolute atomic E-state index is 12.8. The third-order valence-electron chi connectivity index (χ3n) is 2.43. The topological polar surface area (TPSA) is 55.1 Å². The molecule has 1 amide bonds. The van der Waals surface area contributed by atoms with Crippen LogP contribution in [-0.4, -0.2) is 24.9 Å². The lowest BCUT2D eigenvalue weighted by Crippen LogP contribution is -2.41. The Morgan fingerprint density at radius 1 is 1.33 bits per heavy atom. The van der Waals surface area contributed by atoms with E-state index in [1.54, 1.807) is 24.3 Å². The van der Waals surface area contributed by atoms with Crippen molar-refractivity contribution in [3.63, 3.8) is 0 Å². The first-order valence-electron chi connectivity index (χ1n) is 5.43. The first kappa shape index (κ1) is 16.8. The smallest absolute Gasteiger partial charge is 0.277 e. The summed E-state index contributed by atoms with van der Waals surface area (Å²) < 4.78 is 25.6. The molecule has 6 heteroatoms. The van der Waals surface area contributed by atoms with Crippen molar-refractivity contribution in [3.8, 4) is 0 Å². The van der Waals surface area contributed by atoms with E-state index in [4.69, 9.17) is 5.73 Å². The number of rotatable bonds is 5. The fraction of sp³-hybridized carbons (Fsp3) is 0.417. The second-order valence-corrected chi connectivity index (χ2v) is 3.79. The molecule has 0 spiro atoms. The minimum Gasteiger partial charge on any atom is -0.346 e. The first-order chi connectivity index (χ1) is 7.98. The van der Waals surface area contributed by atoms with E-state index >= 15 is 0 Å². The Morgan fingerprint density at radius 3 is 2.33 bits per heavy atom. The van der Waals surface area contributed by atoms with E-state index in [2.05, 4.69) is 5.32 Å². The number of nitrogens with two attached hydrogens (primary N) is 1. The molecule has 0 radical (unpaired) electrons. The van der Waals surface area contributed by atoms with Crippen LogP contribution in [0.2, 0.25) is 0 Å². The first-order valence-corrected chi connectivity index (χ1v) is 5.43. The summed E-state index contributed by atoms with van der Waals surface area (Å²) in [6.45, 7) is 0.483. The molecular weight excluding hydrogens is 262 g/mol. The molecule has 0 fully saturated rings. The molecule has 0 aliphatic heterocycles. The van der Waals surface area contributed by atoms with Crippen molar-refractivity contribution in [2.24, 2.45) is 5.73 Å². The monoisotopic (exact) mass is 278 g/mol. The summed E-state index contributed by atoms with van der Waals surface area (Å²) >= 11 is 0. The molecule has 0 bridgehead atoms. The van der Waals surface area contributed by atoms with Crippen LogP contribution in [0.5, 0.6) is 0 Å². The van der Waals surface area contributed by atoms with Crippen molar-refractivity contribution in [1.29, 1.82) is 0 Å². The van der Waals surface area contributed by atoms with Gasteiger partial charge in [0.2, 0.25) is 0 Å². The van der Waals surface area contributed by atoms with E-state index in [-0.39, 0.29) is 12.4 Å². The van der Waals surface area contributed by atoms with Gasteiger partial charge < -0.3 is 11.1 Å². The van der Waals surface area contributed by atoms with Gasteiger partial charge in [-0.1, -0.05) is 19.1 Å². The number of hydrogen-bond donors (Lipinski definition) is 2. The van der Waals surface area contributed by atoms with Crippen LogP contribution in [0.25, 0.3) is 0 Å². The van der Waals surface area contributed by atoms with E-state index in [0.29, 0.717) is 5.56 Å². The molecule has 18 heavy (non-hydrogen) atoms. The molecule has 0 atom stereocenters. The number of amides is 1. The Balaban J connectivity index is 0.00000289. The molecule has 3 N–H and O–H groups in total. The lowest BCUT2D eigenvalue weighted by molar-refractivity contribution is 0.0118. The Morgan fingerprint density at radius 2 is 1.89 bits per heavy atom. The third kappa shape index (κ3) is 4.98. The molecule has 0 aromatic heterocycles. The standard InChI is InChI=1S/C12H16F2N2O.ClH/c1-2-9-3-5-10(6-4-9)11(17)16-8-12(13,14)7-15;/h3-6H,2,7-8,15H2,1H3,(H,16,17);1H. The molecule has 0 aliphatic carbocycles. The zero-order valence-corrected chi connectivity index (χ0v) is 10.9. The number of carbonyl (C=O) groups is 1. The zero-order chi connectivity index (χ0) is 12.9. The lowest BCUT2D eigenvalue weighted by Gasteiger charge is -2.14. The fourth-order valence-electron chi connectivity index (χ4n) is 1.28. The molecular formula is C12H17ClF2N2O. The summed E-state index contributed by atoms with van der Waals surface area (Å²) in [6, 6.07) is 6.84. The minimum atomic E-state index is -3.06. The van der Waals surface area contributed by atoms with Gasteiger partial charge in [-0.15, -0.1) is 12.4 Å². The highest BCUT2D eigenvalue weighted by Crippen LogP contribution is 2.10. The fourth-order valence-corrected chi connectivity index (χ4v) is 1.28. The molecule has 1 rings (SSSR count). The average Bonchev–Trinajstić information content (AvgIpc) is 2.36. The molecule has 3 nitrogen and oxygen atoms in total. The number of halogens is 3. The van der Waals surface area contributed by atoms with Crippen LogP contribution in [0.4, 0.5) is 8.78 Å². The SMILES string of the molecule is CCc1ccc(C(=O)NCC(F)(F)CN)cc1.Cl. The zero-order valence-electron chi connectivity index (χ0n) is 10.1. The lowest BCUT2D eigenvalue weighted by atomic mass is 10.1. The summed E-state index contributed by atoms with van der Waals surface area (Å²) in [5, 5.41) is 2.16. The molecule has 1 aromatic rings. The quantitative estimate of drug-likeness (QED) is 0.865. The molecule has 102 valence electrons. The summed E-state index contributed by atoms with van der Waals surface area (Å²) in [6.07, 6.45) is 0.868. The Hall–Kier alpha value is -1.20. The molecule has 0 heterocycles. The van der Waals surface area contributed by atoms with Crippen LogP contribution in [0.1, 0.15) is 22.8 Å². The molecule has 0 unspecified atom stereocenters. The Kier molecular flexibility index (Phi) is 6.80. The van der Waals surface area contributed by atoms with Crippen LogP contribution < -0.4 is 11.1 Å². The Labute approximate surface area is 111 Å². The molecule has 1 aromatic carbocycles. The van der Waals surface area contributed by atoms with Gasteiger partial charge in [0.05, 0.1) is 13.1 Å². The van der Waals surface area contributed by atoms with Crippen LogP contribution in [0.15, 0.2) is 24.3 Å². The third-order valence-corrected chi connectivity index (χ3v) is 2.43. The van der Waals surface area contributed by atoms with Crippen molar-refractivity contribution in [2.75, 3.05) is 13.1 Å². The number of benzene rings is 1. The minimum absolute atomic E-state index is 0. The highest BCUT2D eigenvalue weighted by molar-refractivity contribution is 5.94. The highest BCUT2D eigenvalue weighted by Gasteiger charge is 2.27. The Bertz CT molecular complexity index is 382.